The van der Waals surface area contributed by atoms with Gasteiger partial charge >= 0.3 is 6.09 Å². The van der Waals surface area contributed by atoms with Crippen LogP contribution in [0.15, 0.2) is 24.3 Å². The van der Waals surface area contributed by atoms with E-state index in [1.54, 1.807) is 12.1 Å². The Hall–Kier alpha value is -2.15. The number of hydrogen-bond acceptors (Lipinski definition) is 5. The van der Waals surface area contributed by atoms with Crippen molar-refractivity contribution in [1.82, 2.24) is 10.6 Å². The molecule has 0 saturated carbocycles. The lowest BCUT2D eigenvalue weighted by Gasteiger charge is -2.19. The topological polar surface area (TPSA) is 93.5 Å². The minimum atomic E-state index is -0.437. The number of carbonyl (C=O) groups excluding carboxylic acids is 1. The number of amides is 1. The molecule has 0 saturated heterocycles. The molecule has 22 heavy (non-hydrogen) atoms. The number of carbonyl (C=O) groups is 1. The Morgan fingerprint density at radius 3 is 2.68 bits per heavy atom. The van der Waals surface area contributed by atoms with Crippen molar-refractivity contribution >= 4 is 11.8 Å². The largest absolute Gasteiger partial charge is 0.448 e. The zero-order valence-electron chi connectivity index (χ0n) is 13.2. The molecule has 0 aromatic heterocycles. The highest BCUT2D eigenvalue weighted by Crippen LogP contribution is 2.13. The van der Waals surface area contributed by atoms with Crippen molar-refractivity contribution in [2.24, 2.45) is 0 Å². The molecule has 0 radical (unpaired) electrons. The monoisotopic (exact) mass is 309 g/mol. The van der Waals surface area contributed by atoms with Crippen LogP contribution >= 0.6 is 0 Å². The maximum absolute atomic E-state index is 11.4. The average molecular weight is 309 g/mol. The third-order valence-corrected chi connectivity index (χ3v) is 2.70. The standard InChI is InChI=1S/C15H23N3O4/c1-15(2,3)17-14(19)22-10-9-16-8-7-12-5-4-6-13(11-12)18(20)21/h4-6,11,16H,7-10H2,1-3H3,(H,17,19). The average Bonchev–Trinajstić information content (AvgIpc) is 2.41. The number of rotatable bonds is 7. The van der Waals surface area contributed by atoms with Crippen LogP contribution in [0.3, 0.4) is 0 Å². The number of non-ortho nitro benzene ring substituents is 1. The predicted molar refractivity (Wildman–Crippen MR) is 83.9 cm³/mol. The van der Waals surface area contributed by atoms with E-state index in [4.69, 9.17) is 4.74 Å². The molecule has 0 heterocycles. The van der Waals surface area contributed by atoms with Gasteiger partial charge in [0, 0.05) is 24.2 Å². The maximum Gasteiger partial charge on any atom is 0.407 e. The van der Waals surface area contributed by atoms with Gasteiger partial charge in [0.05, 0.1) is 4.92 Å². The SMILES string of the molecule is CC(C)(C)NC(=O)OCCNCCc1cccc([N+](=O)[O-])c1. The van der Waals surface area contributed by atoms with E-state index >= 15 is 0 Å². The molecule has 1 aromatic rings. The molecular weight excluding hydrogens is 286 g/mol. The van der Waals surface area contributed by atoms with Gasteiger partial charge in [-0.2, -0.15) is 0 Å². The van der Waals surface area contributed by atoms with Crippen LogP contribution in [0.1, 0.15) is 26.3 Å². The van der Waals surface area contributed by atoms with Gasteiger partial charge in [-0.3, -0.25) is 10.1 Å². The summed E-state index contributed by atoms with van der Waals surface area (Å²) in [4.78, 5) is 21.7. The van der Waals surface area contributed by atoms with Gasteiger partial charge in [-0.05, 0) is 39.3 Å². The molecule has 0 aliphatic rings. The Morgan fingerprint density at radius 2 is 2.05 bits per heavy atom. The van der Waals surface area contributed by atoms with Crippen LogP contribution in [-0.4, -0.2) is 36.3 Å². The van der Waals surface area contributed by atoms with Gasteiger partial charge in [0.1, 0.15) is 6.61 Å². The number of nitro benzene ring substituents is 1. The van der Waals surface area contributed by atoms with Gasteiger partial charge in [0.25, 0.3) is 5.69 Å². The van der Waals surface area contributed by atoms with E-state index in [9.17, 15) is 14.9 Å². The summed E-state index contributed by atoms with van der Waals surface area (Å²) < 4.78 is 5.02. The second-order valence-electron chi connectivity index (χ2n) is 5.94. The molecule has 7 heteroatoms. The van der Waals surface area contributed by atoms with Gasteiger partial charge in [0.2, 0.25) is 0 Å². The lowest BCUT2D eigenvalue weighted by molar-refractivity contribution is -0.384. The number of alkyl carbamates (subject to hydrolysis) is 1. The fraction of sp³-hybridized carbons (Fsp3) is 0.533. The normalized spacial score (nSPS) is 11.0. The van der Waals surface area contributed by atoms with Crippen molar-refractivity contribution in [3.05, 3.63) is 39.9 Å². The number of benzene rings is 1. The van der Waals surface area contributed by atoms with E-state index < -0.39 is 11.0 Å². The minimum Gasteiger partial charge on any atom is -0.448 e. The van der Waals surface area contributed by atoms with E-state index in [1.807, 2.05) is 26.8 Å². The molecule has 0 unspecified atom stereocenters. The summed E-state index contributed by atoms with van der Waals surface area (Å²) in [5.41, 5.74) is 0.680. The Kier molecular flexibility index (Phi) is 6.78. The van der Waals surface area contributed by atoms with Gasteiger partial charge in [0.15, 0.2) is 0 Å². The van der Waals surface area contributed by atoms with Crippen molar-refractivity contribution in [2.45, 2.75) is 32.7 Å². The molecule has 2 N–H and O–H groups in total. The van der Waals surface area contributed by atoms with Crippen LogP contribution in [0.25, 0.3) is 0 Å². The summed E-state index contributed by atoms with van der Waals surface area (Å²) >= 11 is 0. The first kappa shape index (κ1) is 17.9. The van der Waals surface area contributed by atoms with Gasteiger partial charge in [-0.1, -0.05) is 12.1 Å². The molecule has 0 spiro atoms. The van der Waals surface area contributed by atoms with Gasteiger partial charge in [-0.25, -0.2) is 4.79 Å². The van der Waals surface area contributed by atoms with Gasteiger partial charge in [-0.15, -0.1) is 0 Å². The molecule has 7 nitrogen and oxygen atoms in total. The molecule has 0 aliphatic carbocycles. The minimum absolute atomic E-state index is 0.0969. The Bertz CT molecular complexity index is 512. The number of nitro groups is 1. The number of nitrogens with one attached hydrogen (secondary N) is 2. The van der Waals surface area contributed by atoms with Crippen LogP contribution in [0.4, 0.5) is 10.5 Å². The maximum atomic E-state index is 11.4. The van der Waals surface area contributed by atoms with Crippen LogP contribution in [0, 0.1) is 10.1 Å². The molecule has 122 valence electrons. The lowest BCUT2D eigenvalue weighted by Crippen LogP contribution is -2.41. The highest BCUT2D eigenvalue weighted by atomic mass is 16.6. The molecule has 0 fully saturated rings. The first-order valence-electron chi connectivity index (χ1n) is 7.17. The van der Waals surface area contributed by atoms with Gasteiger partial charge < -0.3 is 15.4 Å². The smallest absolute Gasteiger partial charge is 0.407 e. The third-order valence-electron chi connectivity index (χ3n) is 2.70. The van der Waals surface area contributed by atoms with Crippen LogP contribution in [0.5, 0.6) is 0 Å². The lowest BCUT2D eigenvalue weighted by atomic mass is 10.1. The van der Waals surface area contributed by atoms with E-state index in [2.05, 4.69) is 10.6 Å². The third kappa shape index (κ3) is 7.58. The molecule has 0 aliphatic heterocycles. The Balaban J connectivity index is 2.17. The van der Waals surface area contributed by atoms with Crippen LogP contribution < -0.4 is 10.6 Å². The van der Waals surface area contributed by atoms with E-state index in [0.717, 1.165) is 5.56 Å². The molecular formula is C15H23N3O4. The Morgan fingerprint density at radius 1 is 1.32 bits per heavy atom. The first-order valence-corrected chi connectivity index (χ1v) is 7.17. The molecule has 1 aromatic carbocycles. The van der Waals surface area contributed by atoms with Crippen molar-refractivity contribution in [1.29, 1.82) is 0 Å². The second kappa shape index (κ2) is 8.33. The summed E-state index contributed by atoms with van der Waals surface area (Å²) in [5.74, 6) is 0. The van der Waals surface area contributed by atoms with Crippen molar-refractivity contribution in [2.75, 3.05) is 19.7 Å². The zero-order valence-corrected chi connectivity index (χ0v) is 13.2. The quantitative estimate of drug-likeness (QED) is 0.458. The molecule has 1 rings (SSSR count). The molecule has 1 amide bonds. The fourth-order valence-corrected chi connectivity index (χ4v) is 1.74. The highest BCUT2D eigenvalue weighted by Gasteiger charge is 2.14. The van der Waals surface area contributed by atoms with E-state index in [-0.39, 0.29) is 17.8 Å². The van der Waals surface area contributed by atoms with Crippen molar-refractivity contribution in [3.63, 3.8) is 0 Å². The molecule has 0 bridgehead atoms. The van der Waals surface area contributed by atoms with E-state index in [0.29, 0.717) is 19.5 Å². The number of ether oxygens (including phenoxy) is 1. The van der Waals surface area contributed by atoms with Crippen LogP contribution in [-0.2, 0) is 11.2 Å². The summed E-state index contributed by atoms with van der Waals surface area (Å²) in [6, 6.07) is 6.56. The summed E-state index contributed by atoms with van der Waals surface area (Å²) in [7, 11) is 0. The van der Waals surface area contributed by atoms with Crippen LogP contribution in [0.2, 0.25) is 0 Å². The Labute approximate surface area is 130 Å². The summed E-state index contributed by atoms with van der Waals surface area (Å²) in [5, 5.41) is 16.5. The number of nitrogens with zero attached hydrogens (tertiary/aromatic N) is 1. The van der Waals surface area contributed by atoms with E-state index in [1.165, 1.54) is 6.07 Å². The summed E-state index contributed by atoms with van der Waals surface area (Å²) in [6.45, 7) is 7.11. The van der Waals surface area contributed by atoms with Crippen molar-refractivity contribution < 1.29 is 14.5 Å². The summed E-state index contributed by atoms with van der Waals surface area (Å²) in [6.07, 6.45) is 0.239. The first-order chi connectivity index (χ1) is 10.3. The zero-order chi connectivity index (χ0) is 16.6. The predicted octanol–water partition coefficient (Wildman–Crippen LogP) is 2.25. The second-order valence-corrected chi connectivity index (χ2v) is 5.94. The molecule has 0 atom stereocenters. The van der Waals surface area contributed by atoms with Crippen molar-refractivity contribution in [3.8, 4) is 0 Å². The highest BCUT2D eigenvalue weighted by molar-refractivity contribution is 5.68. The fourth-order valence-electron chi connectivity index (χ4n) is 1.74. The number of hydrogen-bond donors (Lipinski definition) is 2.